The van der Waals surface area contributed by atoms with Gasteiger partial charge in [0.2, 0.25) is 17.8 Å². The number of guanidine groups is 1. The molecule has 0 aromatic heterocycles. The Morgan fingerprint density at radius 1 is 0.975 bits per heavy atom. The summed E-state index contributed by atoms with van der Waals surface area (Å²) in [6, 6.07) is -1.66. The van der Waals surface area contributed by atoms with Crippen molar-refractivity contribution in [1.82, 2.24) is 20.9 Å². The van der Waals surface area contributed by atoms with Gasteiger partial charge in [-0.25, -0.2) is 9.59 Å². The van der Waals surface area contributed by atoms with Gasteiger partial charge in [-0.1, -0.05) is 6.92 Å². The summed E-state index contributed by atoms with van der Waals surface area (Å²) in [6.07, 6.45) is -0.743. The third kappa shape index (κ3) is 11.8. The zero-order valence-corrected chi connectivity index (χ0v) is 25.5. The molecule has 0 heterocycles. The first kappa shape index (κ1) is 34.6. The van der Waals surface area contributed by atoms with Crippen molar-refractivity contribution in [3.8, 4) is 0 Å². The van der Waals surface area contributed by atoms with Crippen molar-refractivity contribution < 1.29 is 38.2 Å². The molecule has 4 amide bonds. The van der Waals surface area contributed by atoms with Gasteiger partial charge in [0.1, 0.15) is 17.2 Å². The second-order valence-electron chi connectivity index (χ2n) is 11.8. The number of likely N-dealkylation sites (N-methyl/N-ethyl adjacent to an activating group) is 1. The summed E-state index contributed by atoms with van der Waals surface area (Å²) in [7, 11) is 1.27. The van der Waals surface area contributed by atoms with Gasteiger partial charge in [0.15, 0.2) is 0 Å². The molecule has 40 heavy (non-hydrogen) atoms. The second-order valence-corrected chi connectivity index (χ2v) is 11.8. The van der Waals surface area contributed by atoms with Crippen LogP contribution in [-0.2, 0) is 28.6 Å². The number of amides is 4. The molecule has 13 nitrogen and oxygen atoms in total. The molecule has 0 radical (unpaired) electrons. The fourth-order valence-electron chi connectivity index (χ4n) is 4.47. The maximum absolute atomic E-state index is 13.6. The number of ether oxygens (including phenoxy) is 3. The number of alkyl carbamates (subject to hydrolysis) is 1. The molecule has 1 fully saturated rings. The average Bonchev–Trinajstić information content (AvgIpc) is 3.20. The lowest BCUT2D eigenvalue weighted by molar-refractivity contribution is -0.145. The molecular weight excluding hydrogens is 522 g/mol. The topological polar surface area (TPSA) is 165 Å². The molecule has 0 spiro atoms. The molecule has 0 saturated heterocycles. The van der Waals surface area contributed by atoms with Crippen molar-refractivity contribution in [2.75, 3.05) is 20.2 Å². The van der Waals surface area contributed by atoms with Gasteiger partial charge in [0.05, 0.1) is 13.0 Å². The number of methoxy groups -OCH3 is 1. The van der Waals surface area contributed by atoms with Gasteiger partial charge in [0, 0.05) is 32.0 Å². The maximum Gasteiger partial charge on any atom is 0.437 e. The van der Waals surface area contributed by atoms with Crippen LogP contribution in [0.5, 0.6) is 0 Å². The van der Waals surface area contributed by atoms with E-state index in [0.717, 1.165) is 6.42 Å². The smallest absolute Gasteiger partial charge is 0.437 e. The van der Waals surface area contributed by atoms with Crippen molar-refractivity contribution in [2.24, 2.45) is 16.8 Å². The van der Waals surface area contributed by atoms with Crippen LogP contribution in [0.15, 0.2) is 4.99 Å². The Morgan fingerprint density at radius 3 is 2.05 bits per heavy atom. The minimum absolute atomic E-state index is 0.184. The summed E-state index contributed by atoms with van der Waals surface area (Å²) < 4.78 is 15.6. The number of esters is 1. The van der Waals surface area contributed by atoms with Gasteiger partial charge in [0.25, 0.3) is 0 Å². The zero-order chi connectivity index (χ0) is 30.8. The highest BCUT2D eigenvalue weighted by molar-refractivity contribution is 5.99. The Balaban J connectivity index is 3.49. The van der Waals surface area contributed by atoms with E-state index in [2.05, 4.69) is 20.9 Å². The lowest BCUT2D eigenvalue weighted by Crippen LogP contribution is -2.57. The van der Waals surface area contributed by atoms with E-state index in [1.165, 1.54) is 14.0 Å². The van der Waals surface area contributed by atoms with E-state index in [9.17, 15) is 24.0 Å². The molecule has 3 N–H and O–H groups in total. The van der Waals surface area contributed by atoms with Crippen molar-refractivity contribution in [1.29, 1.82) is 0 Å². The fraction of sp³-hybridized carbons (Fsp3) is 0.778. The number of hydrogen-bond donors (Lipinski definition) is 3. The van der Waals surface area contributed by atoms with Crippen molar-refractivity contribution >= 4 is 35.9 Å². The summed E-state index contributed by atoms with van der Waals surface area (Å²) in [5.74, 6) is -2.69. The first-order chi connectivity index (χ1) is 18.4. The SMILES string of the molecule is CCCN(CC)C(=O)C(NC(C)=O)[C@@H]1CC(C(=O)OC)C[C@@H]1NC(=NC(=O)OC(C)(C)C)NC(=O)OC(C)(C)C. The third-order valence-corrected chi connectivity index (χ3v) is 5.92. The Kier molecular flexibility index (Phi) is 12.9. The lowest BCUT2D eigenvalue weighted by atomic mass is 9.92. The number of aliphatic imine (C=N–C) groups is 1. The summed E-state index contributed by atoms with van der Waals surface area (Å²) in [5.41, 5.74) is -1.69. The third-order valence-electron chi connectivity index (χ3n) is 5.92. The highest BCUT2D eigenvalue weighted by atomic mass is 16.6. The molecule has 4 atom stereocenters. The minimum atomic E-state index is -0.986. The number of nitrogens with one attached hydrogen (secondary N) is 3. The van der Waals surface area contributed by atoms with Crippen LogP contribution in [0, 0.1) is 11.8 Å². The van der Waals surface area contributed by atoms with Crippen LogP contribution >= 0.6 is 0 Å². The number of carbonyl (C=O) groups excluding carboxylic acids is 5. The van der Waals surface area contributed by atoms with Crippen LogP contribution in [0.25, 0.3) is 0 Å². The van der Waals surface area contributed by atoms with E-state index in [0.29, 0.717) is 13.1 Å². The fourth-order valence-corrected chi connectivity index (χ4v) is 4.47. The van der Waals surface area contributed by atoms with Gasteiger partial charge in [-0.15, -0.1) is 4.99 Å². The Labute approximate surface area is 237 Å². The molecule has 0 bridgehead atoms. The Bertz CT molecular complexity index is 954. The van der Waals surface area contributed by atoms with Crippen LogP contribution in [0.2, 0.25) is 0 Å². The van der Waals surface area contributed by atoms with E-state index >= 15 is 0 Å². The van der Waals surface area contributed by atoms with Crippen LogP contribution in [0.4, 0.5) is 9.59 Å². The summed E-state index contributed by atoms with van der Waals surface area (Å²) in [4.78, 5) is 69.0. The van der Waals surface area contributed by atoms with Crippen molar-refractivity contribution in [3.63, 3.8) is 0 Å². The van der Waals surface area contributed by atoms with E-state index in [-0.39, 0.29) is 24.7 Å². The van der Waals surface area contributed by atoms with Crippen LogP contribution in [-0.4, -0.2) is 84.3 Å². The average molecular weight is 570 g/mol. The molecule has 0 aromatic carbocycles. The zero-order valence-electron chi connectivity index (χ0n) is 25.5. The molecular formula is C27H47N5O8. The van der Waals surface area contributed by atoms with E-state index in [1.54, 1.807) is 46.4 Å². The number of carbonyl (C=O) groups is 5. The molecule has 228 valence electrons. The van der Waals surface area contributed by atoms with Crippen LogP contribution in [0.3, 0.4) is 0 Å². The normalized spacial score (nSPS) is 20.1. The van der Waals surface area contributed by atoms with Gasteiger partial charge < -0.3 is 29.7 Å². The molecule has 1 aliphatic rings. The summed E-state index contributed by atoms with van der Waals surface area (Å²) in [5, 5.41) is 8.20. The van der Waals surface area contributed by atoms with E-state index in [4.69, 9.17) is 14.2 Å². The number of rotatable bonds is 8. The highest BCUT2D eigenvalue weighted by Crippen LogP contribution is 2.35. The Morgan fingerprint density at radius 2 is 1.57 bits per heavy atom. The standard InChI is InChI=1S/C27H47N5O8/c1-11-13-32(12-2)21(34)20(28-16(3)33)18-14-17(22(35)38-10)15-19(18)29-23(30-24(36)39-26(4,5)6)31-25(37)40-27(7,8)9/h17-20H,11-15H2,1-10H3,(H,28,33)(H2,29,30,31,36,37)/t17?,18-,19+,20?/m1/s1. The Hall–Kier alpha value is -3.38. The van der Waals surface area contributed by atoms with E-state index in [1.807, 2.05) is 13.8 Å². The monoisotopic (exact) mass is 569 g/mol. The van der Waals surface area contributed by atoms with Crippen molar-refractivity contribution in [2.45, 2.75) is 105 Å². The maximum atomic E-state index is 13.6. The van der Waals surface area contributed by atoms with Gasteiger partial charge in [-0.05, 0) is 67.7 Å². The quantitative estimate of drug-likeness (QED) is 0.172. The molecule has 0 aromatic rings. The predicted molar refractivity (Wildman–Crippen MR) is 148 cm³/mol. The molecule has 13 heteroatoms. The molecule has 1 rings (SSSR count). The lowest BCUT2D eigenvalue weighted by Gasteiger charge is -2.33. The largest absolute Gasteiger partial charge is 0.469 e. The minimum Gasteiger partial charge on any atom is -0.469 e. The van der Waals surface area contributed by atoms with Crippen LogP contribution < -0.4 is 16.0 Å². The number of nitrogens with zero attached hydrogens (tertiary/aromatic N) is 2. The highest BCUT2D eigenvalue weighted by Gasteiger charge is 2.46. The summed E-state index contributed by atoms with van der Waals surface area (Å²) in [6.45, 7) is 16.1. The molecule has 1 aliphatic carbocycles. The number of hydrogen-bond acceptors (Lipinski definition) is 8. The molecule has 1 saturated carbocycles. The van der Waals surface area contributed by atoms with Crippen molar-refractivity contribution in [3.05, 3.63) is 0 Å². The molecule has 0 aliphatic heterocycles. The predicted octanol–water partition coefficient (Wildman–Crippen LogP) is 2.72. The first-order valence-electron chi connectivity index (χ1n) is 13.6. The van der Waals surface area contributed by atoms with Gasteiger partial charge in [-0.2, -0.15) is 0 Å². The first-order valence-corrected chi connectivity index (χ1v) is 13.6. The van der Waals surface area contributed by atoms with Crippen LogP contribution in [0.1, 0.15) is 81.6 Å². The summed E-state index contributed by atoms with van der Waals surface area (Å²) >= 11 is 0. The molecule has 2 unspecified atom stereocenters. The van der Waals surface area contributed by atoms with Gasteiger partial charge >= 0.3 is 18.2 Å². The van der Waals surface area contributed by atoms with Gasteiger partial charge in [-0.3, -0.25) is 19.7 Å². The van der Waals surface area contributed by atoms with E-state index < -0.39 is 59.2 Å². The second kappa shape index (κ2) is 14.8.